The predicted molar refractivity (Wildman–Crippen MR) is 73.4 cm³/mol. The number of carbonyl (C=O) groups excluding carboxylic acids is 1. The number of hydrogen-bond donors (Lipinski definition) is 1. The van der Waals surface area contributed by atoms with Crippen molar-refractivity contribution in [2.45, 2.75) is 26.2 Å². The molecule has 18 heavy (non-hydrogen) atoms. The van der Waals surface area contributed by atoms with Gasteiger partial charge in [-0.2, -0.15) is 0 Å². The van der Waals surface area contributed by atoms with Crippen LogP contribution in [0.25, 0.3) is 0 Å². The molecule has 0 saturated carbocycles. The van der Waals surface area contributed by atoms with Gasteiger partial charge in [0.05, 0.1) is 5.56 Å². The first-order valence-electron chi connectivity index (χ1n) is 5.91. The van der Waals surface area contributed by atoms with Crippen molar-refractivity contribution in [2.75, 3.05) is 5.32 Å². The summed E-state index contributed by atoms with van der Waals surface area (Å²) in [5.41, 5.74) is 3.66. The van der Waals surface area contributed by atoms with Gasteiger partial charge in [0, 0.05) is 10.3 Å². The molecule has 1 atom stereocenters. The molecule has 94 valence electrons. The van der Waals surface area contributed by atoms with Crippen molar-refractivity contribution in [1.29, 1.82) is 0 Å². The van der Waals surface area contributed by atoms with Gasteiger partial charge in [-0.1, -0.05) is 18.3 Å². The lowest BCUT2D eigenvalue weighted by atomic mass is 9.88. The molecule has 3 rings (SSSR count). The van der Waals surface area contributed by atoms with Crippen molar-refractivity contribution in [3.8, 4) is 0 Å². The van der Waals surface area contributed by atoms with Crippen molar-refractivity contribution < 1.29 is 4.79 Å². The smallest absolute Gasteiger partial charge is 0.258 e. The average molecular weight is 279 g/mol. The molecule has 0 aromatic carbocycles. The van der Waals surface area contributed by atoms with Gasteiger partial charge in [0.25, 0.3) is 5.91 Å². The Balaban J connectivity index is 1.82. The lowest BCUT2D eigenvalue weighted by molar-refractivity contribution is 0.102. The second kappa shape index (κ2) is 4.78. The van der Waals surface area contributed by atoms with Crippen LogP contribution in [0.3, 0.4) is 0 Å². The van der Waals surface area contributed by atoms with Crippen LogP contribution in [0, 0.1) is 5.92 Å². The molecule has 0 aliphatic heterocycles. The Labute approximate surface area is 113 Å². The van der Waals surface area contributed by atoms with Gasteiger partial charge in [-0.05, 0) is 30.7 Å². The standard InChI is InChI=1S/C12H13N3OS2/c1-7-2-3-8-9(5-17-10(8)4-7)11(16)14-12-15-13-6-18-12/h5-7H,2-4H2,1H3,(H,14,15,16)/t7-/m1/s1. The zero-order chi connectivity index (χ0) is 12.5. The van der Waals surface area contributed by atoms with Crippen molar-refractivity contribution in [3.63, 3.8) is 0 Å². The predicted octanol–water partition coefficient (Wildman–Crippen LogP) is 2.98. The summed E-state index contributed by atoms with van der Waals surface area (Å²) in [7, 11) is 0. The maximum absolute atomic E-state index is 12.2. The minimum Gasteiger partial charge on any atom is -0.296 e. The first kappa shape index (κ1) is 11.8. The van der Waals surface area contributed by atoms with Crippen LogP contribution in [0.5, 0.6) is 0 Å². The molecule has 0 bridgehead atoms. The Morgan fingerprint density at radius 2 is 2.39 bits per heavy atom. The number of nitrogens with zero attached hydrogens (tertiary/aromatic N) is 2. The fraction of sp³-hybridized carbons (Fsp3) is 0.417. The van der Waals surface area contributed by atoms with Crippen LogP contribution in [0.15, 0.2) is 10.9 Å². The van der Waals surface area contributed by atoms with E-state index in [1.807, 2.05) is 5.38 Å². The third-order valence-corrected chi connectivity index (χ3v) is 4.88. The second-order valence-corrected chi connectivity index (χ2v) is 6.39. The highest BCUT2D eigenvalue weighted by Crippen LogP contribution is 2.33. The van der Waals surface area contributed by atoms with E-state index in [1.54, 1.807) is 16.8 Å². The molecule has 4 nitrogen and oxygen atoms in total. The van der Waals surface area contributed by atoms with Crippen LogP contribution in [-0.4, -0.2) is 16.1 Å². The van der Waals surface area contributed by atoms with Gasteiger partial charge < -0.3 is 0 Å². The molecule has 0 fully saturated rings. The van der Waals surface area contributed by atoms with Crippen molar-refractivity contribution >= 4 is 33.7 Å². The van der Waals surface area contributed by atoms with Crippen molar-refractivity contribution in [3.05, 3.63) is 26.9 Å². The highest BCUT2D eigenvalue weighted by molar-refractivity contribution is 7.13. The molecular weight excluding hydrogens is 266 g/mol. The molecule has 0 saturated heterocycles. The quantitative estimate of drug-likeness (QED) is 0.919. The number of fused-ring (bicyclic) bond motifs is 1. The third kappa shape index (κ3) is 2.18. The fourth-order valence-corrected chi connectivity index (χ4v) is 3.94. The second-order valence-electron chi connectivity index (χ2n) is 4.60. The van der Waals surface area contributed by atoms with Gasteiger partial charge >= 0.3 is 0 Å². The van der Waals surface area contributed by atoms with Crippen LogP contribution in [0.4, 0.5) is 5.13 Å². The van der Waals surface area contributed by atoms with E-state index in [1.165, 1.54) is 28.2 Å². The topological polar surface area (TPSA) is 54.9 Å². The van der Waals surface area contributed by atoms with E-state index < -0.39 is 0 Å². The third-order valence-electron chi connectivity index (χ3n) is 3.23. The molecule has 6 heteroatoms. The molecule has 2 aromatic heterocycles. The van der Waals surface area contributed by atoms with Gasteiger partial charge in [0.15, 0.2) is 0 Å². The first-order valence-corrected chi connectivity index (χ1v) is 7.66. The minimum atomic E-state index is -0.0567. The Hall–Kier alpha value is -1.27. The molecule has 0 spiro atoms. The van der Waals surface area contributed by atoms with E-state index in [4.69, 9.17) is 0 Å². The number of amides is 1. The Morgan fingerprint density at radius 1 is 1.50 bits per heavy atom. The normalized spacial score (nSPS) is 18.4. The maximum atomic E-state index is 12.2. The minimum absolute atomic E-state index is 0.0567. The average Bonchev–Trinajstić information content (AvgIpc) is 2.97. The molecule has 0 radical (unpaired) electrons. The fourth-order valence-electron chi connectivity index (χ4n) is 2.26. The summed E-state index contributed by atoms with van der Waals surface area (Å²) in [6.07, 6.45) is 3.29. The van der Waals surface area contributed by atoms with Gasteiger partial charge in [-0.3, -0.25) is 10.1 Å². The molecule has 2 aromatic rings. The summed E-state index contributed by atoms with van der Waals surface area (Å²) in [6.45, 7) is 2.27. The van der Waals surface area contributed by atoms with E-state index in [2.05, 4.69) is 22.4 Å². The number of carbonyl (C=O) groups is 1. The van der Waals surface area contributed by atoms with E-state index >= 15 is 0 Å². The van der Waals surface area contributed by atoms with Gasteiger partial charge in [-0.25, -0.2) is 0 Å². The lowest BCUT2D eigenvalue weighted by Crippen LogP contribution is -2.16. The van der Waals surface area contributed by atoms with Crippen LogP contribution in [-0.2, 0) is 12.8 Å². The Bertz CT molecular complexity index is 562. The first-order chi connectivity index (χ1) is 8.74. The molecule has 2 heterocycles. The number of rotatable bonds is 2. The summed E-state index contributed by atoms with van der Waals surface area (Å²) in [4.78, 5) is 13.5. The van der Waals surface area contributed by atoms with Crippen LogP contribution < -0.4 is 5.32 Å². The summed E-state index contributed by atoms with van der Waals surface area (Å²) >= 11 is 3.04. The monoisotopic (exact) mass is 279 g/mol. The lowest BCUT2D eigenvalue weighted by Gasteiger charge is -2.18. The summed E-state index contributed by atoms with van der Waals surface area (Å²) < 4.78 is 0. The summed E-state index contributed by atoms with van der Waals surface area (Å²) in [5, 5.41) is 12.9. The van der Waals surface area contributed by atoms with Crippen LogP contribution >= 0.6 is 22.7 Å². The SMILES string of the molecule is C[C@@H]1CCc2c(C(=O)Nc3nncs3)csc2C1. The van der Waals surface area contributed by atoms with Gasteiger partial charge in [0.1, 0.15) is 5.51 Å². The largest absolute Gasteiger partial charge is 0.296 e. The number of nitrogens with one attached hydrogen (secondary N) is 1. The molecule has 1 aliphatic rings. The number of anilines is 1. The summed E-state index contributed by atoms with van der Waals surface area (Å²) in [5.74, 6) is 0.675. The molecule has 1 N–H and O–H groups in total. The zero-order valence-electron chi connectivity index (χ0n) is 9.97. The van der Waals surface area contributed by atoms with E-state index in [9.17, 15) is 4.79 Å². The Morgan fingerprint density at radius 3 is 3.17 bits per heavy atom. The Kier molecular flexibility index (Phi) is 3.13. The zero-order valence-corrected chi connectivity index (χ0v) is 11.6. The summed E-state index contributed by atoms with van der Waals surface area (Å²) in [6, 6.07) is 0. The van der Waals surface area contributed by atoms with E-state index in [-0.39, 0.29) is 5.91 Å². The maximum Gasteiger partial charge on any atom is 0.258 e. The van der Waals surface area contributed by atoms with Crippen LogP contribution in [0.2, 0.25) is 0 Å². The van der Waals surface area contributed by atoms with Crippen molar-refractivity contribution in [2.24, 2.45) is 5.92 Å². The highest BCUT2D eigenvalue weighted by atomic mass is 32.1. The number of thiophene rings is 1. The molecule has 0 unspecified atom stereocenters. The molecule has 1 aliphatic carbocycles. The van der Waals surface area contributed by atoms with Gasteiger partial charge in [0.2, 0.25) is 5.13 Å². The van der Waals surface area contributed by atoms with Gasteiger partial charge in [-0.15, -0.1) is 21.5 Å². The van der Waals surface area contributed by atoms with E-state index in [0.717, 1.165) is 24.3 Å². The van der Waals surface area contributed by atoms with E-state index in [0.29, 0.717) is 5.13 Å². The molecular formula is C12H13N3OS2. The molecule has 1 amide bonds. The number of hydrogen-bond acceptors (Lipinski definition) is 5. The van der Waals surface area contributed by atoms with Crippen molar-refractivity contribution in [1.82, 2.24) is 10.2 Å². The highest BCUT2D eigenvalue weighted by Gasteiger charge is 2.23. The number of aromatic nitrogens is 2. The van der Waals surface area contributed by atoms with Crippen LogP contribution in [0.1, 0.15) is 34.1 Å².